The van der Waals surface area contributed by atoms with Crippen LogP contribution in [0, 0.1) is 11.3 Å². The first-order valence-corrected chi connectivity index (χ1v) is 6.63. The van der Waals surface area contributed by atoms with E-state index >= 15 is 0 Å². The summed E-state index contributed by atoms with van der Waals surface area (Å²) in [4.78, 5) is 14.7. The van der Waals surface area contributed by atoms with E-state index in [1.807, 2.05) is 16.3 Å². The van der Waals surface area contributed by atoms with E-state index < -0.39 is 0 Å². The molecule has 0 spiro atoms. The van der Waals surface area contributed by atoms with E-state index in [1.165, 1.54) is 0 Å². The summed E-state index contributed by atoms with van der Waals surface area (Å²) in [6, 6.07) is 3.96. The van der Waals surface area contributed by atoms with Crippen LogP contribution in [0.25, 0.3) is 0 Å². The van der Waals surface area contributed by atoms with Crippen LogP contribution in [0.4, 0.5) is 0 Å². The van der Waals surface area contributed by atoms with Gasteiger partial charge in [-0.05, 0) is 18.9 Å². The molecule has 1 saturated heterocycles. The Hall–Kier alpha value is -1.38. The van der Waals surface area contributed by atoms with Crippen molar-refractivity contribution >= 4 is 17.2 Å². The lowest BCUT2D eigenvalue weighted by Gasteiger charge is -2.15. The number of nitriles is 1. The number of nitrogens with zero attached hydrogens (tertiary/aromatic N) is 2. The smallest absolute Gasteiger partial charge is 0.236 e. The first-order chi connectivity index (χ1) is 8.29. The van der Waals surface area contributed by atoms with E-state index in [-0.39, 0.29) is 5.91 Å². The number of hydrogen-bond acceptors (Lipinski definition) is 4. The van der Waals surface area contributed by atoms with E-state index in [9.17, 15) is 4.79 Å². The van der Waals surface area contributed by atoms with E-state index in [2.05, 4.69) is 11.4 Å². The van der Waals surface area contributed by atoms with Gasteiger partial charge >= 0.3 is 0 Å². The van der Waals surface area contributed by atoms with Gasteiger partial charge in [-0.3, -0.25) is 4.79 Å². The summed E-state index contributed by atoms with van der Waals surface area (Å²) in [5.41, 5.74) is 0.692. The standard InChI is InChI=1S/C12H15N3OS/c13-6-10-5-11(17-9-10)7-14-8-12(16)15-3-1-2-4-15/h5,9,14H,1-4,7-8H2. The lowest BCUT2D eigenvalue weighted by molar-refractivity contribution is -0.129. The third-order valence-corrected chi connectivity index (χ3v) is 3.75. The predicted octanol–water partition coefficient (Wildman–Crippen LogP) is 1.33. The predicted molar refractivity (Wildman–Crippen MR) is 66.6 cm³/mol. The molecule has 0 atom stereocenters. The van der Waals surface area contributed by atoms with Crippen molar-refractivity contribution in [3.05, 3.63) is 21.9 Å². The minimum absolute atomic E-state index is 0.180. The molecule has 2 rings (SSSR count). The van der Waals surface area contributed by atoms with Crippen molar-refractivity contribution < 1.29 is 4.79 Å². The summed E-state index contributed by atoms with van der Waals surface area (Å²) in [5, 5.41) is 13.6. The first-order valence-electron chi connectivity index (χ1n) is 5.75. The fraction of sp³-hybridized carbons (Fsp3) is 0.500. The number of hydrogen-bond donors (Lipinski definition) is 1. The number of rotatable bonds is 4. The molecule has 1 N–H and O–H groups in total. The normalized spacial score (nSPS) is 14.9. The van der Waals surface area contributed by atoms with Crippen molar-refractivity contribution in [2.24, 2.45) is 0 Å². The molecule has 0 bridgehead atoms. The second-order valence-corrected chi connectivity index (χ2v) is 5.10. The van der Waals surface area contributed by atoms with Crippen molar-refractivity contribution in [1.82, 2.24) is 10.2 Å². The van der Waals surface area contributed by atoms with Gasteiger partial charge in [0.1, 0.15) is 6.07 Å². The average molecular weight is 249 g/mol. The molecule has 0 saturated carbocycles. The Kier molecular flexibility index (Phi) is 4.13. The van der Waals surface area contributed by atoms with Crippen LogP contribution in [0.3, 0.4) is 0 Å². The van der Waals surface area contributed by atoms with Gasteiger partial charge in [0, 0.05) is 29.9 Å². The average Bonchev–Trinajstić information content (AvgIpc) is 3.00. The quantitative estimate of drug-likeness (QED) is 0.876. The lowest BCUT2D eigenvalue weighted by atomic mass is 10.3. The van der Waals surface area contributed by atoms with Crippen LogP contribution in [-0.2, 0) is 11.3 Å². The monoisotopic (exact) mass is 249 g/mol. The maximum atomic E-state index is 11.7. The van der Waals surface area contributed by atoms with Gasteiger partial charge in [-0.15, -0.1) is 11.3 Å². The van der Waals surface area contributed by atoms with Crippen LogP contribution < -0.4 is 5.32 Å². The van der Waals surface area contributed by atoms with Gasteiger partial charge in [0.15, 0.2) is 0 Å². The Bertz CT molecular complexity index is 429. The lowest BCUT2D eigenvalue weighted by Crippen LogP contribution is -2.35. The van der Waals surface area contributed by atoms with Crippen molar-refractivity contribution in [2.45, 2.75) is 19.4 Å². The van der Waals surface area contributed by atoms with Gasteiger partial charge < -0.3 is 10.2 Å². The van der Waals surface area contributed by atoms with Crippen LogP contribution >= 0.6 is 11.3 Å². The zero-order valence-corrected chi connectivity index (χ0v) is 10.4. The molecule has 17 heavy (non-hydrogen) atoms. The van der Waals surface area contributed by atoms with Gasteiger partial charge in [-0.1, -0.05) is 0 Å². The largest absolute Gasteiger partial charge is 0.342 e. The van der Waals surface area contributed by atoms with Crippen LogP contribution in [0.5, 0.6) is 0 Å². The molecule has 1 aromatic heterocycles. The van der Waals surface area contributed by atoms with Crippen LogP contribution in [0.1, 0.15) is 23.3 Å². The Morgan fingerprint density at radius 3 is 2.94 bits per heavy atom. The minimum atomic E-state index is 0.180. The summed E-state index contributed by atoms with van der Waals surface area (Å²) in [5.74, 6) is 0.180. The highest BCUT2D eigenvalue weighted by molar-refractivity contribution is 7.10. The Morgan fingerprint density at radius 1 is 1.53 bits per heavy atom. The molecule has 4 nitrogen and oxygen atoms in total. The Balaban J connectivity index is 1.72. The summed E-state index contributed by atoms with van der Waals surface area (Å²) in [6.45, 7) is 2.85. The highest BCUT2D eigenvalue weighted by Crippen LogP contribution is 2.13. The molecular weight excluding hydrogens is 234 g/mol. The van der Waals surface area contributed by atoms with E-state index in [0.717, 1.165) is 30.8 Å². The second-order valence-electron chi connectivity index (χ2n) is 4.10. The number of carbonyl (C=O) groups excluding carboxylic acids is 1. The fourth-order valence-corrected chi connectivity index (χ4v) is 2.68. The SMILES string of the molecule is N#Cc1csc(CNCC(=O)N2CCCC2)c1. The molecular formula is C12H15N3OS. The third kappa shape index (κ3) is 3.29. The molecule has 1 aromatic rings. The highest BCUT2D eigenvalue weighted by atomic mass is 32.1. The van der Waals surface area contributed by atoms with Crippen molar-refractivity contribution in [1.29, 1.82) is 5.26 Å². The molecule has 2 heterocycles. The molecule has 1 aliphatic heterocycles. The van der Waals surface area contributed by atoms with Crippen LogP contribution in [0.2, 0.25) is 0 Å². The molecule has 0 radical (unpaired) electrons. The van der Waals surface area contributed by atoms with Crippen LogP contribution in [-0.4, -0.2) is 30.4 Å². The number of carbonyl (C=O) groups is 1. The number of nitrogens with one attached hydrogen (secondary N) is 1. The first kappa shape index (κ1) is 12.1. The fourth-order valence-electron chi connectivity index (χ4n) is 1.90. The maximum absolute atomic E-state index is 11.7. The third-order valence-electron chi connectivity index (χ3n) is 2.82. The van der Waals surface area contributed by atoms with Gasteiger partial charge in [0.05, 0.1) is 12.1 Å². The highest BCUT2D eigenvalue weighted by Gasteiger charge is 2.16. The summed E-state index contributed by atoms with van der Waals surface area (Å²) in [6.07, 6.45) is 2.25. The minimum Gasteiger partial charge on any atom is -0.342 e. The van der Waals surface area contributed by atoms with Crippen molar-refractivity contribution in [3.8, 4) is 6.07 Å². The molecule has 1 amide bonds. The second kappa shape index (κ2) is 5.80. The number of thiophene rings is 1. The molecule has 90 valence electrons. The van der Waals surface area contributed by atoms with E-state index in [1.54, 1.807) is 11.3 Å². The number of amides is 1. The summed E-state index contributed by atoms with van der Waals surface area (Å²) >= 11 is 1.55. The summed E-state index contributed by atoms with van der Waals surface area (Å²) < 4.78 is 0. The number of likely N-dealkylation sites (tertiary alicyclic amines) is 1. The van der Waals surface area contributed by atoms with Gasteiger partial charge in [0.2, 0.25) is 5.91 Å². The molecule has 1 aliphatic rings. The molecule has 0 aromatic carbocycles. The maximum Gasteiger partial charge on any atom is 0.236 e. The zero-order chi connectivity index (χ0) is 12.1. The Morgan fingerprint density at radius 2 is 2.29 bits per heavy atom. The zero-order valence-electron chi connectivity index (χ0n) is 9.61. The van der Waals surface area contributed by atoms with Gasteiger partial charge in [-0.2, -0.15) is 5.26 Å². The molecule has 0 unspecified atom stereocenters. The van der Waals surface area contributed by atoms with E-state index in [0.29, 0.717) is 18.7 Å². The van der Waals surface area contributed by atoms with Crippen LogP contribution in [0.15, 0.2) is 11.4 Å². The molecule has 5 heteroatoms. The summed E-state index contributed by atoms with van der Waals surface area (Å²) in [7, 11) is 0. The van der Waals surface area contributed by atoms with Gasteiger partial charge in [0.25, 0.3) is 0 Å². The topological polar surface area (TPSA) is 56.1 Å². The van der Waals surface area contributed by atoms with Crippen molar-refractivity contribution in [3.63, 3.8) is 0 Å². The Labute approximate surface area is 105 Å². The molecule has 0 aliphatic carbocycles. The van der Waals surface area contributed by atoms with Crippen molar-refractivity contribution in [2.75, 3.05) is 19.6 Å². The van der Waals surface area contributed by atoms with Gasteiger partial charge in [-0.25, -0.2) is 0 Å². The molecule has 1 fully saturated rings. The van der Waals surface area contributed by atoms with E-state index in [4.69, 9.17) is 5.26 Å².